The van der Waals surface area contributed by atoms with Crippen LogP contribution in [0.15, 0.2) is 39.5 Å². The molecule has 0 aliphatic rings. The van der Waals surface area contributed by atoms with Crippen LogP contribution < -0.4 is 0 Å². The Morgan fingerprint density at radius 1 is 1.31 bits per heavy atom. The Kier molecular flexibility index (Phi) is 2.27. The second kappa shape index (κ2) is 3.57. The van der Waals surface area contributed by atoms with Gasteiger partial charge in [-0.05, 0) is 13.0 Å². The zero-order valence-electron chi connectivity index (χ0n) is 6.97. The van der Waals surface area contributed by atoms with E-state index in [0.29, 0.717) is 10.4 Å². The van der Waals surface area contributed by atoms with Gasteiger partial charge in [-0.15, -0.1) is 0 Å². The van der Waals surface area contributed by atoms with Crippen molar-refractivity contribution in [2.45, 2.75) is 17.3 Å². The van der Waals surface area contributed by atoms with Gasteiger partial charge < -0.3 is 4.42 Å². The van der Waals surface area contributed by atoms with Crippen molar-refractivity contribution in [1.82, 2.24) is 15.0 Å². The molecule has 0 saturated heterocycles. The largest absolute Gasteiger partial charge is 0.439 e. The van der Waals surface area contributed by atoms with Crippen molar-refractivity contribution in [3.8, 4) is 0 Å². The van der Waals surface area contributed by atoms with E-state index in [1.807, 2.05) is 6.92 Å². The zero-order valence-corrected chi connectivity index (χ0v) is 7.78. The summed E-state index contributed by atoms with van der Waals surface area (Å²) >= 11 is 1.31. The molecule has 66 valence electrons. The number of oxazole rings is 1. The van der Waals surface area contributed by atoms with Gasteiger partial charge in [0.25, 0.3) is 5.22 Å². The van der Waals surface area contributed by atoms with E-state index in [4.69, 9.17) is 4.42 Å². The van der Waals surface area contributed by atoms with Gasteiger partial charge in [0.05, 0.1) is 5.69 Å². The Balaban J connectivity index is 2.15. The van der Waals surface area contributed by atoms with E-state index >= 15 is 0 Å². The maximum absolute atomic E-state index is 5.14. The van der Waals surface area contributed by atoms with Gasteiger partial charge in [0.15, 0.2) is 5.16 Å². The first-order valence-electron chi connectivity index (χ1n) is 3.71. The number of aromatic nitrogens is 3. The molecule has 2 aromatic heterocycles. The van der Waals surface area contributed by atoms with E-state index in [9.17, 15) is 0 Å². The van der Waals surface area contributed by atoms with Crippen molar-refractivity contribution in [3.05, 3.63) is 30.4 Å². The summed E-state index contributed by atoms with van der Waals surface area (Å²) in [5.74, 6) is 0. The van der Waals surface area contributed by atoms with Crippen LogP contribution in [0.5, 0.6) is 0 Å². The maximum Gasteiger partial charge on any atom is 0.263 e. The van der Waals surface area contributed by atoms with Crippen LogP contribution in [-0.4, -0.2) is 15.0 Å². The highest BCUT2D eigenvalue weighted by Gasteiger charge is 2.04. The Morgan fingerprint density at radius 2 is 2.08 bits per heavy atom. The van der Waals surface area contributed by atoms with Crippen LogP contribution in [0.1, 0.15) is 5.69 Å². The van der Waals surface area contributed by atoms with Crippen molar-refractivity contribution in [2.75, 3.05) is 0 Å². The van der Waals surface area contributed by atoms with Crippen LogP contribution in [0.25, 0.3) is 0 Å². The lowest BCUT2D eigenvalue weighted by atomic mass is 10.6. The fourth-order valence-electron chi connectivity index (χ4n) is 0.795. The highest BCUT2D eigenvalue weighted by Crippen LogP contribution is 2.22. The summed E-state index contributed by atoms with van der Waals surface area (Å²) in [4.78, 5) is 12.2. The molecule has 0 aliphatic carbocycles. The average molecular weight is 193 g/mol. The van der Waals surface area contributed by atoms with Gasteiger partial charge >= 0.3 is 0 Å². The Morgan fingerprint density at radius 3 is 2.69 bits per heavy atom. The minimum Gasteiger partial charge on any atom is -0.439 e. The molecule has 0 fully saturated rings. The van der Waals surface area contributed by atoms with Gasteiger partial charge in [0.1, 0.15) is 6.26 Å². The zero-order chi connectivity index (χ0) is 9.10. The summed E-state index contributed by atoms with van der Waals surface area (Å²) in [7, 11) is 0. The van der Waals surface area contributed by atoms with Crippen molar-refractivity contribution in [2.24, 2.45) is 0 Å². The van der Waals surface area contributed by atoms with Gasteiger partial charge in [-0.2, -0.15) is 0 Å². The molecular weight excluding hydrogens is 186 g/mol. The molecule has 0 saturated carbocycles. The first kappa shape index (κ1) is 8.25. The van der Waals surface area contributed by atoms with E-state index in [2.05, 4.69) is 15.0 Å². The SMILES string of the molecule is Cc1coc(Sc2ncccn2)n1. The summed E-state index contributed by atoms with van der Waals surface area (Å²) in [6.45, 7) is 1.87. The van der Waals surface area contributed by atoms with Gasteiger partial charge in [0.2, 0.25) is 0 Å². The summed E-state index contributed by atoms with van der Waals surface area (Å²) in [6.07, 6.45) is 4.97. The lowest BCUT2D eigenvalue weighted by Crippen LogP contribution is -1.82. The van der Waals surface area contributed by atoms with Crippen molar-refractivity contribution in [1.29, 1.82) is 0 Å². The van der Waals surface area contributed by atoms with Crippen LogP contribution in [0, 0.1) is 6.92 Å². The first-order valence-corrected chi connectivity index (χ1v) is 4.53. The fraction of sp³-hybridized carbons (Fsp3) is 0.125. The second-order valence-electron chi connectivity index (χ2n) is 2.39. The number of aryl methyl sites for hydroxylation is 1. The monoisotopic (exact) mass is 193 g/mol. The van der Waals surface area contributed by atoms with E-state index in [1.165, 1.54) is 11.8 Å². The highest BCUT2D eigenvalue weighted by atomic mass is 32.2. The summed E-state index contributed by atoms with van der Waals surface area (Å²) in [5.41, 5.74) is 0.860. The van der Waals surface area contributed by atoms with Crippen molar-refractivity contribution < 1.29 is 4.42 Å². The molecule has 2 heterocycles. The molecule has 0 N–H and O–H groups in total. The normalized spacial score (nSPS) is 10.2. The minimum absolute atomic E-state index is 0.573. The van der Waals surface area contributed by atoms with E-state index in [1.54, 1.807) is 24.7 Å². The summed E-state index contributed by atoms with van der Waals surface area (Å²) in [5, 5.41) is 1.22. The van der Waals surface area contributed by atoms with E-state index in [0.717, 1.165) is 5.69 Å². The third-order valence-electron chi connectivity index (χ3n) is 1.32. The molecule has 0 spiro atoms. The molecule has 0 unspecified atom stereocenters. The molecule has 0 amide bonds. The minimum atomic E-state index is 0.573. The van der Waals surface area contributed by atoms with Crippen LogP contribution in [0.4, 0.5) is 0 Å². The molecule has 0 atom stereocenters. The number of hydrogen-bond acceptors (Lipinski definition) is 5. The van der Waals surface area contributed by atoms with Gasteiger partial charge in [-0.3, -0.25) is 0 Å². The Hall–Kier alpha value is -1.36. The van der Waals surface area contributed by atoms with Gasteiger partial charge in [0, 0.05) is 24.2 Å². The molecule has 2 aromatic rings. The average Bonchev–Trinajstić information content (AvgIpc) is 2.53. The van der Waals surface area contributed by atoms with Crippen LogP contribution >= 0.6 is 11.8 Å². The maximum atomic E-state index is 5.14. The molecule has 2 rings (SSSR count). The molecule has 0 aromatic carbocycles. The number of hydrogen-bond donors (Lipinski definition) is 0. The third-order valence-corrected chi connectivity index (χ3v) is 2.07. The molecule has 5 heteroatoms. The highest BCUT2D eigenvalue weighted by molar-refractivity contribution is 7.98. The fourth-order valence-corrected chi connectivity index (χ4v) is 1.46. The second-order valence-corrected chi connectivity index (χ2v) is 3.31. The van der Waals surface area contributed by atoms with Crippen LogP contribution in [0.3, 0.4) is 0 Å². The standard InChI is InChI=1S/C8H7N3OS/c1-6-5-12-8(11-6)13-7-9-3-2-4-10-7/h2-5H,1H3. The van der Waals surface area contributed by atoms with Crippen LogP contribution in [-0.2, 0) is 0 Å². The topological polar surface area (TPSA) is 51.8 Å². The molecular formula is C8H7N3OS. The molecule has 0 aliphatic heterocycles. The Labute approximate surface area is 79.4 Å². The molecule has 4 nitrogen and oxygen atoms in total. The smallest absolute Gasteiger partial charge is 0.263 e. The first-order chi connectivity index (χ1) is 6.34. The van der Waals surface area contributed by atoms with Crippen molar-refractivity contribution in [3.63, 3.8) is 0 Å². The van der Waals surface area contributed by atoms with E-state index < -0.39 is 0 Å². The van der Waals surface area contributed by atoms with E-state index in [-0.39, 0.29) is 0 Å². The predicted molar refractivity (Wildman–Crippen MR) is 47.4 cm³/mol. The number of rotatable bonds is 2. The summed E-state index contributed by atoms with van der Waals surface area (Å²) in [6, 6.07) is 1.77. The summed E-state index contributed by atoms with van der Waals surface area (Å²) < 4.78 is 5.14. The van der Waals surface area contributed by atoms with Gasteiger partial charge in [-0.25, -0.2) is 15.0 Å². The predicted octanol–water partition coefficient (Wildman–Crippen LogP) is 1.92. The quantitative estimate of drug-likeness (QED) is 0.682. The third kappa shape index (κ3) is 2.06. The molecule has 0 bridgehead atoms. The Bertz CT molecular complexity index is 387. The molecule has 13 heavy (non-hydrogen) atoms. The lowest BCUT2D eigenvalue weighted by Gasteiger charge is -1.91. The lowest BCUT2D eigenvalue weighted by molar-refractivity contribution is 0.453. The van der Waals surface area contributed by atoms with Crippen molar-refractivity contribution >= 4 is 11.8 Å². The van der Waals surface area contributed by atoms with Crippen LogP contribution in [0.2, 0.25) is 0 Å². The number of nitrogens with zero attached hydrogens (tertiary/aromatic N) is 3. The molecule has 0 radical (unpaired) electrons. The van der Waals surface area contributed by atoms with Gasteiger partial charge in [-0.1, -0.05) is 0 Å².